The molecular weight excluding hydrogens is 128 g/mol. The Morgan fingerprint density at radius 2 is 1.20 bits per heavy atom. The molecule has 0 bridgehead atoms. The molecule has 0 aliphatic carbocycles. The molecule has 0 spiro atoms. The molecule has 0 aromatic rings. The minimum atomic E-state index is 0.157. The van der Waals surface area contributed by atoms with Crippen LogP contribution in [0, 0.1) is 0 Å². The Labute approximate surface area is 62.2 Å². The highest BCUT2D eigenvalue weighted by molar-refractivity contribution is 4.97. The first kappa shape index (κ1) is 9.34. The van der Waals surface area contributed by atoms with Crippen molar-refractivity contribution in [2.45, 2.75) is 39.5 Å². The quantitative estimate of drug-likeness (QED) is 0.595. The number of hydrogen-bond donors (Lipinski definition) is 2. The second kappa shape index (κ2) is 5.15. The second-order valence-corrected chi connectivity index (χ2v) is 2.39. The number of rotatable bonds is 4. The fourth-order valence-electron chi connectivity index (χ4n) is 0.762. The van der Waals surface area contributed by atoms with E-state index in [1.165, 1.54) is 0 Å². The van der Waals surface area contributed by atoms with Gasteiger partial charge in [0.2, 0.25) is 0 Å². The summed E-state index contributed by atoms with van der Waals surface area (Å²) < 4.78 is 0. The zero-order valence-corrected chi connectivity index (χ0v) is 6.72. The van der Waals surface area contributed by atoms with Gasteiger partial charge < -0.3 is 10.2 Å². The van der Waals surface area contributed by atoms with Crippen molar-refractivity contribution < 1.29 is 10.2 Å². The van der Waals surface area contributed by atoms with Gasteiger partial charge in [-0.1, -0.05) is 13.8 Å². The van der Waals surface area contributed by atoms with Crippen LogP contribution in [0.2, 0.25) is 0 Å². The molecular formula is C8H16O2. The van der Waals surface area contributed by atoms with Gasteiger partial charge >= 0.3 is 0 Å². The third kappa shape index (κ3) is 3.38. The molecule has 0 aliphatic rings. The SMILES string of the molecule is CCC/C(O)=C(\O)CCC. The number of aliphatic hydroxyl groups excluding tert-OH is 2. The normalized spacial score (nSPS) is 13.0. The van der Waals surface area contributed by atoms with E-state index in [-0.39, 0.29) is 11.5 Å². The lowest BCUT2D eigenvalue weighted by molar-refractivity contribution is 0.297. The Kier molecular flexibility index (Phi) is 4.81. The summed E-state index contributed by atoms with van der Waals surface area (Å²) in [6.07, 6.45) is 2.93. The molecule has 2 heteroatoms. The number of allylic oxidation sites excluding steroid dienone is 2. The van der Waals surface area contributed by atoms with Crippen molar-refractivity contribution in [2.75, 3.05) is 0 Å². The summed E-state index contributed by atoms with van der Waals surface area (Å²) >= 11 is 0. The predicted octanol–water partition coefficient (Wildman–Crippen LogP) is 2.91. The molecule has 0 aromatic carbocycles. The average molecular weight is 144 g/mol. The van der Waals surface area contributed by atoms with Crippen molar-refractivity contribution in [1.82, 2.24) is 0 Å². The van der Waals surface area contributed by atoms with Gasteiger partial charge in [-0.25, -0.2) is 0 Å². The Morgan fingerprint density at radius 1 is 0.900 bits per heavy atom. The zero-order valence-electron chi connectivity index (χ0n) is 6.72. The minimum Gasteiger partial charge on any atom is -0.509 e. The fourth-order valence-corrected chi connectivity index (χ4v) is 0.762. The van der Waals surface area contributed by atoms with Crippen LogP contribution in [0.4, 0.5) is 0 Å². The van der Waals surface area contributed by atoms with Crippen LogP contribution in [-0.4, -0.2) is 10.2 Å². The first-order chi connectivity index (χ1) is 4.72. The van der Waals surface area contributed by atoms with Crippen molar-refractivity contribution in [2.24, 2.45) is 0 Å². The highest BCUT2D eigenvalue weighted by Gasteiger charge is 1.99. The van der Waals surface area contributed by atoms with Crippen molar-refractivity contribution in [3.8, 4) is 0 Å². The summed E-state index contributed by atoms with van der Waals surface area (Å²) in [6, 6.07) is 0. The van der Waals surface area contributed by atoms with Crippen molar-refractivity contribution in [1.29, 1.82) is 0 Å². The van der Waals surface area contributed by atoms with Crippen molar-refractivity contribution >= 4 is 0 Å². The summed E-state index contributed by atoms with van der Waals surface area (Å²) in [5.74, 6) is 0.314. The molecule has 0 radical (unpaired) electrons. The molecule has 2 N–H and O–H groups in total. The van der Waals surface area contributed by atoms with E-state index in [1.54, 1.807) is 0 Å². The molecule has 0 heterocycles. The molecule has 0 atom stereocenters. The van der Waals surface area contributed by atoms with Gasteiger partial charge in [0.25, 0.3) is 0 Å². The molecule has 0 unspecified atom stereocenters. The van der Waals surface area contributed by atoms with Gasteiger partial charge in [-0.15, -0.1) is 0 Å². The van der Waals surface area contributed by atoms with E-state index < -0.39 is 0 Å². The standard InChI is InChI=1S/C8H16O2/c1-3-5-7(9)8(10)6-4-2/h9-10H,3-6H2,1-2H3/b8-7+. The molecule has 60 valence electrons. The maximum atomic E-state index is 9.08. The summed E-state index contributed by atoms with van der Waals surface area (Å²) in [4.78, 5) is 0. The van der Waals surface area contributed by atoms with Crippen molar-refractivity contribution in [3.63, 3.8) is 0 Å². The number of hydrogen-bond acceptors (Lipinski definition) is 2. The van der Waals surface area contributed by atoms with E-state index in [9.17, 15) is 0 Å². The first-order valence-electron chi connectivity index (χ1n) is 3.82. The maximum absolute atomic E-state index is 9.08. The molecule has 10 heavy (non-hydrogen) atoms. The zero-order chi connectivity index (χ0) is 7.98. The Balaban J connectivity index is 3.79. The van der Waals surface area contributed by atoms with Crippen LogP contribution in [0.3, 0.4) is 0 Å². The predicted molar refractivity (Wildman–Crippen MR) is 42.1 cm³/mol. The molecule has 0 saturated carbocycles. The monoisotopic (exact) mass is 144 g/mol. The van der Waals surface area contributed by atoms with Crippen LogP contribution in [0.1, 0.15) is 39.5 Å². The van der Waals surface area contributed by atoms with E-state index in [1.807, 2.05) is 13.8 Å². The molecule has 0 aliphatic heterocycles. The Hall–Kier alpha value is -0.660. The van der Waals surface area contributed by atoms with E-state index in [4.69, 9.17) is 10.2 Å². The molecule has 0 aromatic heterocycles. The molecule has 0 saturated heterocycles. The summed E-state index contributed by atoms with van der Waals surface area (Å²) in [5.41, 5.74) is 0. The fraction of sp³-hybridized carbons (Fsp3) is 0.750. The van der Waals surface area contributed by atoms with E-state index in [0.29, 0.717) is 12.8 Å². The molecule has 0 amide bonds. The average Bonchev–Trinajstić information content (AvgIpc) is 1.89. The van der Waals surface area contributed by atoms with Gasteiger partial charge in [0.1, 0.15) is 11.5 Å². The lowest BCUT2D eigenvalue weighted by atomic mass is 10.2. The van der Waals surface area contributed by atoms with E-state index in [2.05, 4.69) is 0 Å². The lowest BCUT2D eigenvalue weighted by Gasteiger charge is -2.00. The van der Waals surface area contributed by atoms with Crippen LogP contribution >= 0.6 is 0 Å². The second-order valence-electron chi connectivity index (χ2n) is 2.39. The van der Waals surface area contributed by atoms with Crippen LogP contribution in [-0.2, 0) is 0 Å². The lowest BCUT2D eigenvalue weighted by Crippen LogP contribution is -1.89. The van der Waals surface area contributed by atoms with E-state index >= 15 is 0 Å². The third-order valence-electron chi connectivity index (χ3n) is 1.31. The van der Waals surface area contributed by atoms with Crippen LogP contribution in [0.25, 0.3) is 0 Å². The van der Waals surface area contributed by atoms with Gasteiger partial charge in [0.15, 0.2) is 0 Å². The molecule has 0 fully saturated rings. The number of aliphatic hydroxyl groups is 2. The molecule has 0 rings (SSSR count). The van der Waals surface area contributed by atoms with Crippen molar-refractivity contribution in [3.05, 3.63) is 11.5 Å². The van der Waals surface area contributed by atoms with Gasteiger partial charge in [-0.2, -0.15) is 0 Å². The summed E-state index contributed by atoms with van der Waals surface area (Å²) in [6.45, 7) is 3.94. The highest BCUT2D eigenvalue weighted by Crippen LogP contribution is 2.09. The summed E-state index contributed by atoms with van der Waals surface area (Å²) in [7, 11) is 0. The minimum absolute atomic E-state index is 0.157. The maximum Gasteiger partial charge on any atom is 0.129 e. The first-order valence-corrected chi connectivity index (χ1v) is 3.82. The smallest absolute Gasteiger partial charge is 0.129 e. The van der Waals surface area contributed by atoms with Crippen LogP contribution in [0.15, 0.2) is 11.5 Å². The van der Waals surface area contributed by atoms with Gasteiger partial charge in [-0.3, -0.25) is 0 Å². The third-order valence-corrected chi connectivity index (χ3v) is 1.31. The largest absolute Gasteiger partial charge is 0.509 e. The topological polar surface area (TPSA) is 40.5 Å². The van der Waals surface area contributed by atoms with Crippen LogP contribution < -0.4 is 0 Å². The van der Waals surface area contributed by atoms with E-state index in [0.717, 1.165) is 12.8 Å². The van der Waals surface area contributed by atoms with Crippen LogP contribution in [0.5, 0.6) is 0 Å². The van der Waals surface area contributed by atoms with Gasteiger partial charge in [0, 0.05) is 12.8 Å². The van der Waals surface area contributed by atoms with Gasteiger partial charge in [0.05, 0.1) is 0 Å². The Bertz CT molecular complexity index is 102. The van der Waals surface area contributed by atoms with Gasteiger partial charge in [-0.05, 0) is 12.8 Å². The highest BCUT2D eigenvalue weighted by atomic mass is 16.3. The summed E-state index contributed by atoms with van der Waals surface area (Å²) in [5, 5.41) is 18.2. The molecule has 2 nitrogen and oxygen atoms in total. The Morgan fingerprint density at radius 3 is 1.40 bits per heavy atom.